The molecule has 0 bridgehead atoms. The normalized spacial score (nSPS) is 18.7. The topological polar surface area (TPSA) is 38.8 Å². The zero-order valence-corrected chi connectivity index (χ0v) is 16.3. The van der Waals surface area contributed by atoms with Gasteiger partial charge in [0.25, 0.3) is 0 Å². The number of carbonyl (C=O) groups is 1. The maximum Gasteiger partial charge on any atom is 0.233 e. The molecular formula is C22H24ClNO3. The standard InChI is InChI=1S/C22H24ClNO3/c1-26-20-7-2-16-8-11-24(15-17(16)14-20)21(25)22(9-12-27-13-10-22)18-3-5-19(23)6-4-18/h2-7,14H,8-13,15H2,1H3. The SMILES string of the molecule is COc1ccc2c(c1)CN(C(=O)C1(c3ccc(Cl)cc3)CCOCC1)CC2. The van der Waals surface area contributed by atoms with Crippen molar-refractivity contribution in [2.45, 2.75) is 31.2 Å². The number of carbonyl (C=O) groups excluding carboxylic acids is 1. The summed E-state index contributed by atoms with van der Waals surface area (Å²) in [5.74, 6) is 1.03. The number of rotatable bonds is 3. The van der Waals surface area contributed by atoms with Gasteiger partial charge >= 0.3 is 0 Å². The van der Waals surface area contributed by atoms with E-state index in [-0.39, 0.29) is 5.91 Å². The van der Waals surface area contributed by atoms with Crippen LogP contribution in [0.2, 0.25) is 5.02 Å². The van der Waals surface area contributed by atoms with Gasteiger partial charge in [0.1, 0.15) is 5.75 Å². The van der Waals surface area contributed by atoms with Crippen molar-refractivity contribution in [3.05, 3.63) is 64.2 Å². The zero-order chi connectivity index (χ0) is 18.9. The Hall–Kier alpha value is -2.04. The Kier molecular flexibility index (Phi) is 5.11. The van der Waals surface area contributed by atoms with E-state index in [0.717, 1.165) is 24.3 Å². The molecule has 1 amide bonds. The number of hydrogen-bond acceptors (Lipinski definition) is 3. The van der Waals surface area contributed by atoms with Gasteiger partial charge in [-0.1, -0.05) is 29.8 Å². The minimum absolute atomic E-state index is 0.196. The average Bonchev–Trinajstić information content (AvgIpc) is 2.73. The number of methoxy groups -OCH3 is 1. The molecule has 5 heteroatoms. The molecular weight excluding hydrogens is 362 g/mol. The number of benzene rings is 2. The lowest BCUT2D eigenvalue weighted by Crippen LogP contribution is -2.51. The highest BCUT2D eigenvalue weighted by atomic mass is 35.5. The fourth-order valence-corrected chi connectivity index (χ4v) is 4.38. The fraction of sp³-hybridized carbons (Fsp3) is 0.409. The molecule has 0 unspecified atom stereocenters. The Bertz CT molecular complexity index is 828. The predicted octanol–water partition coefficient (Wildman–Crippen LogP) is 3.98. The second-order valence-electron chi connectivity index (χ2n) is 7.31. The Morgan fingerprint density at radius 3 is 2.56 bits per heavy atom. The van der Waals surface area contributed by atoms with Gasteiger partial charge in [0, 0.05) is 31.3 Å². The Labute approximate surface area is 165 Å². The Morgan fingerprint density at radius 2 is 1.85 bits per heavy atom. The van der Waals surface area contributed by atoms with Crippen LogP contribution in [-0.4, -0.2) is 37.7 Å². The third-order valence-corrected chi connectivity index (χ3v) is 6.12. The summed E-state index contributed by atoms with van der Waals surface area (Å²) in [5.41, 5.74) is 2.98. The number of hydrogen-bond donors (Lipinski definition) is 0. The summed E-state index contributed by atoms with van der Waals surface area (Å²) in [6.45, 7) is 2.58. The van der Waals surface area contributed by atoms with E-state index in [9.17, 15) is 4.79 Å². The molecule has 4 nitrogen and oxygen atoms in total. The van der Waals surface area contributed by atoms with Gasteiger partial charge in [-0.25, -0.2) is 0 Å². The molecule has 2 aliphatic rings. The van der Waals surface area contributed by atoms with Crippen molar-refractivity contribution in [1.29, 1.82) is 0 Å². The molecule has 2 heterocycles. The molecule has 0 radical (unpaired) electrons. The summed E-state index contributed by atoms with van der Waals surface area (Å²) >= 11 is 6.08. The quantitative estimate of drug-likeness (QED) is 0.802. The minimum Gasteiger partial charge on any atom is -0.497 e. The van der Waals surface area contributed by atoms with Gasteiger partial charge in [0.2, 0.25) is 5.91 Å². The van der Waals surface area contributed by atoms with E-state index in [1.165, 1.54) is 11.1 Å². The average molecular weight is 386 g/mol. The van der Waals surface area contributed by atoms with Crippen molar-refractivity contribution < 1.29 is 14.3 Å². The first-order valence-corrected chi connectivity index (χ1v) is 9.79. The maximum absolute atomic E-state index is 13.7. The lowest BCUT2D eigenvalue weighted by atomic mass is 9.72. The van der Waals surface area contributed by atoms with Gasteiger partial charge in [0.15, 0.2) is 0 Å². The third-order valence-electron chi connectivity index (χ3n) is 5.87. The summed E-state index contributed by atoms with van der Waals surface area (Å²) in [6.07, 6.45) is 2.28. The van der Waals surface area contributed by atoms with Gasteiger partial charge in [0.05, 0.1) is 12.5 Å². The highest BCUT2D eigenvalue weighted by molar-refractivity contribution is 6.30. The van der Waals surface area contributed by atoms with Crippen LogP contribution in [0.15, 0.2) is 42.5 Å². The van der Waals surface area contributed by atoms with Crippen molar-refractivity contribution in [3.8, 4) is 5.75 Å². The highest BCUT2D eigenvalue weighted by Gasteiger charge is 2.44. The van der Waals surface area contributed by atoms with Crippen LogP contribution in [0.5, 0.6) is 5.75 Å². The largest absolute Gasteiger partial charge is 0.497 e. The molecule has 1 saturated heterocycles. The van der Waals surface area contributed by atoms with Crippen molar-refractivity contribution in [1.82, 2.24) is 4.90 Å². The van der Waals surface area contributed by atoms with Crippen molar-refractivity contribution in [3.63, 3.8) is 0 Å². The van der Waals surface area contributed by atoms with Gasteiger partial charge in [-0.3, -0.25) is 4.79 Å². The lowest BCUT2D eigenvalue weighted by molar-refractivity contribution is -0.142. The van der Waals surface area contributed by atoms with Crippen LogP contribution in [0.1, 0.15) is 29.5 Å². The molecule has 1 fully saturated rings. The van der Waals surface area contributed by atoms with Crippen molar-refractivity contribution >= 4 is 17.5 Å². The summed E-state index contributed by atoms with van der Waals surface area (Å²) < 4.78 is 10.9. The molecule has 2 aromatic carbocycles. The van der Waals surface area contributed by atoms with Crippen LogP contribution >= 0.6 is 11.6 Å². The highest BCUT2D eigenvalue weighted by Crippen LogP contribution is 2.38. The molecule has 4 rings (SSSR count). The van der Waals surface area contributed by atoms with E-state index in [1.807, 2.05) is 41.3 Å². The lowest BCUT2D eigenvalue weighted by Gasteiger charge is -2.41. The molecule has 0 atom stereocenters. The van der Waals surface area contributed by atoms with E-state index in [1.54, 1.807) is 7.11 Å². The molecule has 0 N–H and O–H groups in total. The third kappa shape index (κ3) is 3.44. The molecule has 142 valence electrons. The van der Waals surface area contributed by atoms with Gasteiger partial charge in [-0.15, -0.1) is 0 Å². The second-order valence-corrected chi connectivity index (χ2v) is 7.75. The molecule has 2 aliphatic heterocycles. The molecule has 0 saturated carbocycles. The summed E-state index contributed by atoms with van der Waals surface area (Å²) in [6, 6.07) is 13.9. The molecule has 0 aliphatic carbocycles. The first-order valence-electron chi connectivity index (χ1n) is 9.41. The van der Waals surface area contributed by atoms with Gasteiger partial charge in [-0.05, 0) is 60.2 Å². The molecule has 0 spiro atoms. The monoisotopic (exact) mass is 385 g/mol. The maximum atomic E-state index is 13.7. The Balaban J connectivity index is 1.65. The van der Waals surface area contributed by atoms with E-state index in [0.29, 0.717) is 37.6 Å². The molecule has 0 aromatic heterocycles. The summed E-state index contributed by atoms with van der Waals surface area (Å²) in [5, 5.41) is 0.687. The smallest absolute Gasteiger partial charge is 0.233 e. The number of halogens is 1. The Morgan fingerprint density at radius 1 is 1.11 bits per heavy atom. The van der Waals surface area contributed by atoms with Crippen molar-refractivity contribution in [2.75, 3.05) is 26.9 Å². The van der Waals surface area contributed by atoms with Crippen LogP contribution < -0.4 is 4.74 Å². The second kappa shape index (κ2) is 7.53. The predicted molar refractivity (Wildman–Crippen MR) is 105 cm³/mol. The van der Waals surface area contributed by atoms with Gasteiger partial charge in [-0.2, -0.15) is 0 Å². The zero-order valence-electron chi connectivity index (χ0n) is 15.5. The van der Waals surface area contributed by atoms with Crippen LogP contribution in [0.4, 0.5) is 0 Å². The van der Waals surface area contributed by atoms with Crippen LogP contribution in [0.25, 0.3) is 0 Å². The number of nitrogens with zero attached hydrogens (tertiary/aromatic N) is 1. The summed E-state index contributed by atoms with van der Waals surface area (Å²) in [4.78, 5) is 15.7. The number of fused-ring (bicyclic) bond motifs is 1. The first-order chi connectivity index (χ1) is 13.1. The van der Waals surface area contributed by atoms with E-state index in [2.05, 4.69) is 6.07 Å². The number of amides is 1. The molecule has 27 heavy (non-hydrogen) atoms. The van der Waals surface area contributed by atoms with E-state index in [4.69, 9.17) is 21.1 Å². The number of ether oxygens (including phenoxy) is 2. The fourth-order valence-electron chi connectivity index (χ4n) is 4.25. The summed E-state index contributed by atoms with van der Waals surface area (Å²) in [7, 11) is 1.67. The minimum atomic E-state index is -0.529. The van der Waals surface area contributed by atoms with Crippen LogP contribution in [-0.2, 0) is 27.9 Å². The van der Waals surface area contributed by atoms with E-state index < -0.39 is 5.41 Å². The van der Waals surface area contributed by atoms with Crippen LogP contribution in [0, 0.1) is 0 Å². The van der Waals surface area contributed by atoms with Gasteiger partial charge < -0.3 is 14.4 Å². The molecule has 2 aromatic rings. The van der Waals surface area contributed by atoms with Crippen molar-refractivity contribution in [2.24, 2.45) is 0 Å². The van der Waals surface area contributed by atoms with Crippen LogP contribution in [0.3, 0.4) is 0 Å². The van der Waals surface area contributed by atoms with E-state index >= 15 is 0 Å². The first kappa shape index (κ1) is 18.3.